The number of carbonyl (C=O) groups excluding carboxylic acids is 2. The Morgan fingerprint density at radius 2 is 1.57 bits per heavy atom. The number of carbonyl (C=O) groups is 2. The second-order valence-corrected chi connectivity index (χ2v) is 8.51. The van der Waals surface area contributed by atoms with Gasteiger partial charge in [0.1, 0.15) is 23.0 Å². The Kier molecular flexibility index (Phi) is 8.75. The largest absolute Gasteiger partial charge is 0.494 e. The van der Waals surface area contributed by atoms with Gasteiger partial charge < -0.3 is 24.6 Å². The van der Waals surface area contributed by atoms with Gasteiger partial charge in [-0.2, -0.15) is 0 Å². The van der Waals surface area contributed by atoms with Crippen LogP contribution in [0.4, 0.5) is 4.79 Å². The van der Waals surface area contributed by atoms with Crippen molar-refractivity contribution in [3.8, 4) is 5.75 Å². The second kappa shape index (κ2) is 10.3. The van der Waals surface area contributed by atoms with Crippen molar-refractivity contribution in [1.82, 2.24) is 5.32 Å². The molecule has 1 aromatic rings. The van der Waals surface area contributed by atoms with Gasteiger partial charge in [-0.05, 0) is 59.2 Å². The van der Waals surface area contributed by atoms with Crippen molar-refractivity contribution < 1.29 is 28.9 Å². The van der Waals surface area contributed by atoms with E-state index in [-0.39, 0.29) is 13.0 Å². The Labute approximate surface area is 167 Å². The van der Waals surface area contributed by atoms with Crippen LogP contribution >= 0.6 is 0 Å². The number of hydrogen-bond acceptors (Lipinski definition) is 6. The van der Waals surface area contributed by atoms with Crippen LogP contribution in [0.15, 0.2) is 24.3 Å². The third kappa shape index (κ3) is 10.2. The molecule has 1 aromatic carbocycles. The quantitative estimate of drug-likeness (QED) is 0.518. The lowest BCUT2D eigenvalue weighted by Gasteiger charge is -2.26. The minimum Gasteiger partial charge on any atom is -0.494 e. The van der Waals surface area contributed by atoms with E-state index >= 15 is 0 Å². The van der Waals surface area contributed by atoms with E-state index in [2.05, 4.69) is 5.32 Å². The van der Waals surface area contributed by atoms with Gasteiger partial charge in [0.15, 0.2) is 0 Å². The molecule has 2 N–H and O–H groups in total. The van der Waals surface area contributed by atoms with Gasteiger partial charge in [0.05, 0.1) is 6.61 Å². The van der Waals surface area contributed by atoms with Crippen LogP contribution in [-0.2, 0) is 20.7 Å². The minimum absolute atomic E-state index is 0.0754. The topological polar surface area (TPSA) is 94.1 Å². The van der Waals surface area contributed by atoms with E-state index in [0.29, 0.717) is 18.8 Å². The first-order valence-electron chi connectivity index (χ1n) is 9.44. The van der Waals surface area contributed by atoms with Crippen LogP contribution < -0.4 is 10.1 Å². The summed E-state index contributed by atoms with van der Waals surface area (Å²) in [5, 5.41) is 11.4. The zero-order valence-corrected chi connectivity index (χ0v) is 17.7. The molecule has 1 rings (SSSR count). The Morgan fingerprint density at radius 3 is 2.07 bits per heavy atom. The van der Waals surface area contributed by atoms with E-state index in [4.69, 9.17) is 19.3 Å². The van der Waals surface area contributed by atoms with Gasteiger partial charge in [0.2, 0.25) is 0 Å². The molecule has 0 aliphatic rings. The molecule has 0 bridgehead atoms. The Balaban J connectivity index is 2.83. The Hall–Kier alpha value is -2.28. The molecule has 0 spiro atoms. The van der Waals surface area contributed by atoms with Gasteiger partial charge in [-0.15, -0.1) is 0 Å². The number of ether oxygens (including phenoxy) is 3. The van der Waals surface area contributed by atoms with E-state index in [9.17, 15) is 9.59 Å². The first-order valence-corrected chi connectivity index (χ1v) is 9.44. The van der Waals surface area contributed by atoms with Crippen molar-refractivity contribution >= 4 is 12.1 Å². The van der Waals surface area contributed by atoms with Gasteiger partial charge in [-0.1, -0.05) is 12.1 Å². The first kappa shape index (κ1) is 23.8. The molecule has 0 radical (unpaired) electrons. The minimum atomic E-state index is -0.879. The van der Waals surface area contributed by atoms with E-state index in [1.165, 1.54) is 0 Å². The zero-order valence-electron chi connectivity index (χ0n) is 17.7. The lowest BCUT2D eigenvalue weighted by Crippen LogP contribution is -2.47. The highest BCUT2D eigenvalue weighted by molar-refractivity contribution is 5.82. The van der Waals surface area contributed by atoms with Crippen LogP contribution in [0.3, 0.4) is 0 Å². The predicted molar refractivity (Wildman–Crippen MR) is 106 cm³/mol. The number of aliphatic hydroxyl groups excluding tert-OH is 1. The molecule has 0 aromatic heterocycles. The number of alkyl carbamates (subject to hydrolysis) is 1. The molecule has 0 aliphatic carbocycles. The summed E-state index contributed by atoms with van der Waals surface area (Å²) in [6.45, 7) is 11.1. The van der Waals surface area contributed by atoms with Crippen molar-refractivity contribution in [1.29, 1.82) is 0 Å². The lowest BCUT2D eigenvalue weighted by atomic mass is 10.1. The van der Waals surface area contributed by atoms with Gasteiger partial charge in [0, 0.05) is 19.4 Å². The van der Waals surface area contributed by atoms with Crippen LogP contribution in [0.5, 0.6) is 5.75 Å². The number of rotatable bonds is 8. The number of amides is 1. The molecule has 1 atom stereocenters. The highest BCUT2D eigenvalue weighted by Crippen LogP contribution is 2.16. The summed E-state index contributed by atoms with van der Waals surface area (Å²) in [6, 6.07) is 6.33. The smallest absolute Gasteiger partial charge is 0.408 e. The fourth-order valence-electron chi connectivity index (χ4n) is 2.23. The first-order chi connectivity index (χ1) is 12.9. The third-order valence-electron chi connectivity index (χ3n) is 3.32. The molecular weight excluding hydrogens is 362 g/mol. The number of aliphatic hydroxyl groups is 1. The zero-order chi connectivity index (χ0) is 21.4. The summed E-state index contributed by atoms with van der Waals surface area (Å²) in [7, 11) is 0. The van der Waals surface area contributed by atoms with Crippen molar-refractivity contribution in [2.75, 3.05) is 13.2 Å². The number of esters is 1. The number of benzene rings is 1. The maximum Gasteiger partial charge on any atom is 0.408 e. The fraction of sp³-hybridized carbons (Fsp3) is 0.619. The van der Waals surface area contributed by atoms with Crippen molar-refractivity contribution in [2.45, 2.75) is 71.6 Å². The highest BCUT2D eigenvalue weighted by Gasteiger charge is 2.28. The summed E-state index contributed by atoms with van der Waals surface area (Å²) < 4.78 is 16.2. The third-order valence-corrected chi connectivity index (χ3v) is 3.32. The molecule has 0 aliphatic heterocycles. The molecule has 0 saturated heterocycles. The van der Waals surface area contributed by atoms with Crippen LogP contribution in [0.25, 0.3) is 0 Å². The van der Waals surface area contributed by atoms with Gasteiger partial charge in [-0.25, -0.2) is 9.59 Å². The fourth-order valence-corrected chi connectivity index (χ4v) is 2.23. The van der Waals surface area contributed by atoms with E-state index in [1.54, 1.807) is 53.7 Å². The maximum absolute atomic E-state index is 12.6. The number of hydrogen-bond donors (Lipinski definition) is 2. The monoisotopic (exact) mass is 395 g/mol. The number of nitrogens with one attached hydrogen (secondary N) is 1. The normalized spacial score (nSPS) is 12.8. The van der Waals surface area contributed by atoms with Crippen molar-refractivity contribution in [2.24, 2.45) is 0 Å². The Morgan fingerprint density at radius 1 is 1.00 bits per heavy atom. The molecule has 0 saturated carbocycles. The average molecular weight is 395 g/mol. The summed E-state index contributed by atoms with van der Waals surface area (Å²) in [4.78, 5) is 24.7. The van der Waals surface area contributed by atoms with E-state index < -0.39 is 29.3 Å². The molecular formula is C21H33NO6. The van der Waals surface area contributed by atoms with Gasteiger partial charge in [0.25, 0.3) is 0 Å². The molecule has 1 amide bonds. The van der Waals surface area contributed by atoms with Crippen LogP contribution in [0.1, 0.15) is 53.5 Å². The van der Waals surface area contributed by atoms with Gasteiger partial charge in [-0.3, -0.25) is 0 Å². The maximum atomic E-state index is 12.6. The molecule has 0 unspecified atom stereocenters. The SMILES string of the molecule is CC(C)(C)OC(=O)N[C@@H](Cc1ccc(OCCCO)cc1)C(=O)OC(C)(C)C. The van der Waals surface area contributed by atoms with Crippen LogP contribution in [-0.4, -0.2) is 47.6 Å². The molecule has 0 heterocycles. The lowest BCUT2D eigenvalue weighted by molar-refractivity contribution is -0.157. The van der Waals surface area contributed by atoms with Crippen molar-refractivity contribution in [3.05, 3.63) is 29.8 Å². The van der Waals surface area contributed by atoms with Crippen LogP contribution in [0, 0.1) is 0 Å². The molecule has 7 nitrogen and oxygen atoms in total. The predicted octanol–water partition coefficient (Wildman–Crippen LogP) is 3.23. The summed E-state index contributed by atoms with van der Waals surface area (Å²) in [5.74, 6) is 0.146. The standard InChI is InChI=1S/C21H33NO6/c1-20(2,3)27-18(24)17(22-19(25)28-21(4,5)6)14-15-8-10-16(11-9-15)26-13-7-12-23/h8-11,17,23H,7,12-14H2,1-6H3,(H,22,25)/t17-/m0/s1. The molecule has 0 fully saturated rings. The molecule has 158 valence electrons. The summed E-state index contributed by atoms with van der Waals surface area (Å²) in [5.41, 5.74) is -0.507. The summed E-state index contributed by atoms with van der Waals surface area (Å²) in [6.07, 6.45) is 0.139. The van der Waals surface area contributed by atoms with Gasteiger partial charge >= 0.3 is 12.1 Å². The average Bonchev–Trinajstić information content (AvgIpc) is 2.52. The highest BCUT2D eigenvalue weighted by atomic mass is 16.6. The van der Waals surface area contributed by atoms with E-state index in [1.807, 2.05) is 12.1 Å². The molecule has 28 heavy (non-hydrogen) atoms. The molecule has 7 heteroatoms. The van der Waals surface area contributed by atoms with Crippen molar-refractivity contribution in [3.63, 3.8) is 0 Å². The van der Waals surface area contributed by atoms with E-state index in [0.717, 1.165) is 5.56 Å². The van der Waals surface area contributed by atoms with Crippen LogP contribution in [0.2, 0.25) is 0 Å². The Bertz CT molecular complexity index is 628. The summed E-state index contributed by atoms with van der Waals surface area (Å²) >= 11 is 0. The second-order valence-electron chi connectivity index (χ2n) is 8.51.